The number of aromatic nitrogens is 3. The Morgan fingerprint density at radius 3 is 2.47 bits per heavy atom. The van der Waals surface area contributed by atoms with Gasteiger partial charge < -0.3 is 5.11 Å². The molecule has 0 aromatic carbocycles. The van der Waals surface area contributed by atoms with Gasteiger partial charge in [0.05, 0.1) is 5.69 Å². The monoisotopic (exact) mass is 239 g/mol. The Labute approximate surface area is 102 Å². The maximum atomic E-state index is 11.1. The van der Waals surface area contributed by atoms with Crippen LogP contribution in [-0.2, 0) is 12.0 Å². The number of rotatable bonds is 5. The summed E-state index contributed by atoms with van der Waals surface area (Å²) in [7, 11) is 0. The lowest BCUT2D eigenvalue weighted by Crippen LogP contribution is -2.22. The summed E-state index contributed by atoms with van der Waals surface area (Å²) >= 11 is 0. The lowest BCUT2D eigenvalue weighted by molar-refractivity contribution is 0.0687. The maximum Gasteiger partial charge on any atom is 0.358 e. The van der Waals surface area contributed by atoms with E-state index in [1.165, 1.54) is 0 Å². The first-order valence-electron chi connectivity index (χ1n) is 6.05. The number of nitrogens with zero attached hydrogens (tertiary/aromatic N) is 3. The van der Waals surface area contributed by atoms with E-state index in [0.717, 1.165) is 25.8 Å². The van der Waals surface area contributed by atoms with Crippen molar-refractivity contribution in [2.24, 2.45) is 0 Å². The Morgan fingerprint density at radius 1 is 1.35 bits per heavy atom. The molecular weight excluding hydrogens is 218 g/mol. The van der Waals surface area contributed by atoms with Gasteiger partial charge in [0.15, 0.2) is 5.69 Å². The number of carbonyl (C=O) groups is 1. The van der Waals surface area contributed by atoms with Gasteiger partial charge in [0, 0.05) is 12.0 Å². The van der Waals surface area contributed by atoms with E-state index in [1.807, 2.05) is 20.8 Å². The minimum absolute atomic E-state index is 0.0778. The Morgan fingerprint density at radius 2 is 2.00 bits per heavy atom. The van der Waals surface area contributed by atoms with Crippen LogP contribution in [0.1, 0.15) is 63.1 Å². The molecule has 0 atom stereocenters. The Hall–Kier alpha value is -1.39. The molecule has 0 spiro atoms. The van der Waals surface area contributed by atoms with Crippen molar-refractivity contribution in [1.29, 1.82) is 0 Å². The molecule has 0 aliphatic rings. The zero-order valence-electron chi connectivity index (χ0n) is 11.0. The van der Waals surface area contributed by atoms with Crippen LogP contribution in [0, 0.1) is 0 Å². The summed E-state index contributed by atoms with van der Waals surface area (Å²) in [5.41, 5.74) is 0.527. The number of carboxylic acids is 1. The van der Waals surface area contributed by atoms with E-state index in [1.54, 1.807) is 4.68 Å². The topological polar surface area (TPSA) is 68.0 Å². The molecule has 5 heteroatoms. The lowest BCUT2D eigenvalue weighted by Gasteiger charge is -2.20. The van der Waals surface area contributed by atoms with Gasteiger partial charge in [-0.2, -0.15) is 0 Å². The highest BCUT2D eigenvalue weighted by Gasteiger charge is 2.28. The minimum Gasteiger partial charge on any atom is -0.476 e. The highest BCUT2D eigenvalue weighted by molar-refractivity contribution is 5.86. The smallest absolute Gasteiger partial charge is 0.358 e. The molecule has 0 saturated heterocycles. The number of unbranched alkanes of at least 4 members (excludes halogenated alkanes) is 2. The van der Waals surface area contributed by atoms with Crippen LogP contribution in [0.15, 0.2) is 0 Å². The number of hydrogen-bond donors (Lipinski definition) is 1. The summed E-state index contributed by atoms with van der Waals surface area (Å²) in [6, 6.07) is 0. The average Bonchev–Trinajstić information content (AvgIpc) is 2.61. The summed E-state index contributed by atoms with van der Waals surface area (Å²) in [5.74, 6) is -1.00. The van der Waals surface area contributed by atoms with Gasteiger partial charge >= 0.3 is 5.97 Å². The highest BCUT2D eigenvalue weighted by atomic mass is 16.4. The van der Waals surface area contributed by atoms with Crippen LogP contribution in [0.5, 0.6) is 0 Å². The van der Waals surface area contributed by atoms with Gasteiger partial charge in [0.25, 0.3) is 0 Å². The first-order chi connectivity index (χ1) is 7.88. The van der Waals surface area contributed by atoms with Gasteiger partial charge in [-0.1, -0.05) is 45.7 Å². The van der Waals surface area contributed by atoms with E-state index in [4.69, 9.17) is 5.11 Å². The van der Waals surface area contributed by atoms with Crippen LogP contribution in [0.3, 0.4) is 0 Å². The van der Waals surface area contributed by atoms with Crippen LogP contribution in [0.25, 0.3) is 0 Å². The second kappa shape index (κ2) is 5.29. The molecule has 5 nitrogen and oxygen atoms in total. The first-order valence-corrected chi connectivity index (χ1v) is 6.05. The summed E-state index contributed by atoms with van der Waals surface area (Å²) in [6.07, 6.45) is 3.25. The van der Waals surface area contributed by atoms with E-state index in [-0.39, 0.29) is 11.1 Å². The van der Waals surface area contributed by atoms with Crippen molar-refractivity contribution in [3.63, 3.8) is 0 Å². The molecule has 0 fully saturated rings. The summed E-state index contributed by atoms with van der Waals surface area (Å²) < 4.78 is 1.74. The average molecular weight is 239 g/mol. The van der Waals surface area contributed by atoms with Crippen molar-refractivity contribution < 1.29 is 9.90 Å². The number of carboxylic acid groups (broad SMARTS) is 1. The highest BCUT2D eigenvalue weighted by Crippen LogP contribution is 2.24. The molecule has 1 rings (SSSR count). The molecule has 0 bridgehead atoms. The summed E-state index contributed by atoms with van der Waals surface area (Å²) in [6.45, 7) is 8.81. The fourth-order valence-corrected chi connectivity index (χ4v) is 1.87. The Kier molecular flexibility index (Phi) is 4.26. The van der Waals surface area contributed by atoms with Crippen molar-refractivity contribution in [1.82, 2.24) is 15.0 Å². The van der Waals surface area contributed by atoms with E-state index >= 15 is 0 Å². The van der Waals surface area contributed by atoms with E-state index in [9.17, 15) is 4.79 Å². The molecular formula is C12H21N3O2. The third kappa shape index (κ3) is 3.28. The second-order valence-electron chi connectivity index (χ2n) is 5.27. The molecule has 1 heterocycles. The van der Waals surface area contributed by atoms with Crippen molar-refractivity contribution in [3.8, 4) is 0 Å². The fourth-order valence-electron chi connectivity index (χ4n) is 1.87. The minimum atomic E-state index is -1.00. The van der Waals surface area contributed by atoms with Crippen molar-refractivity contribution in [2.45, 2.75) is 58.9 Å². The van der Waals surface area contributed by atoms with E-state index in [2.05, 4.69) is 17.2 Å². The van der Waals surface area contributed by atoms with Crippen LogP contribution >= 0.6 is 0 Å². The molecule has 1 N–H and O–H groups in total. The van der Waals surface area contributed by atoms with Gasteiger partial charge in [-0.05, 0) is 6.42 Å². The van der Waals surface area contributed by atoms with Crippen molar-refractivity contribution in [3.05, 3.63) is 11.4 Å². The molecule has 0 unspecified atom stereocenters. The zero-order chi connectivity index (χ0) is 13.1. The molecule has 96 valence electrons. The first kappa shape index (κ1) is 13.7. The predicted octanol–water partition coefficient (Wildman–Crippen LogP) is 2.46. The Balaban J connectivity index is 3.01. The van der Waals surface area contributed by atoms with Gasteiger partial charge in [0.2, 0.25) is 0 Å². The van der Waals surface area contributed by atoms with Crippen LogP contribution in [0.4, 0.5) is 0 Å². The van der Waals surface area contributed by atoms with E-state index in [0.29, 0.717) is 5.69 Å². The number of aryl methyl sites for hydroxylation is 1. The molecule has 0 radical (unpaired) electrons. The van der Waals surface area contributed by atoms with Gasteiger partial charge in [0.1, 0.15) is 0 Å². The third-order valence-corrected chi connectivity index (χ3v) is 2.62. The van der Waals surface area contributed by atoms with Crippen molar-refractivity contribution in [2.75, 3.05) is 0 Å². The second-order valence-corrected chi connectivity index (χ2v) is 5.27. The maximum absolute atomic E-state index is 11.1. The zero-order valence-corrected chi connectivity index (χ0v) is 11.0. The fraction of sp³-hybridized carbons (Fsp3) is 0.750. The molecule has 0 aliphatic carbocycles. The normalized spacial score (nSPS) is 11.8. The molecule has 1 aromatic heterocycles. The predicted molar refractivity (Wildman–Crippen MR) is 65.2 cm³/mol. The SMILES string of the molecule is CCCCCn1nnc(C(=O)O)c1C(C)(C)C. The standard InChI is InChI=1S/C12H21N3O2/c1-5-6-7-8-15-10(12(2,3)4)9(11(16)17)13-14-15/h5-8H2,1-4H3,(H,16,17). The third-order valence-electron chi connectivity index (χ3n) is 2.62. The lowest BCUT2D eigenvalue weighted by atomic mass is 9.90. The largest absolute Gasteiger partial charge is 0.476 e. The number of hydrogen-bond acceptors (Lipinski definition) is 3. The van der Waals surface area contributed by atoms with E-state index < -0.39 is 5.97 Å². The quantitative estimate of drug-likeness (QED) is 0.801. The number of aromatic carboxylic acids is 1. The molecule has 1 aromatic rings. The molecule has 0 amide bonds. The molecule has 17 heavy (non-hydrogen) atoms. The molecule has 0 aliphatic heterocycles. The Bertz CT molecular complexity index is 391. The molecule has 0 saturated carbocycles. The van der Waals surface area contributed by atoms with Gasteiger partial charge in [-0.25, -0.2) is 9.48 Å². The summed E-state index contributed by atoms with van der Waals surface area (Å²) in [4.78, 5) is 11.1. The van der Waals surface area contributed by atoms with Gasteiger partial charge in [-0.3, -0.25) is 0 Å². The summed E-state index contributed by atoms with van der Waals surface area (Å²) in [5, 5.41) is 16.8. The van der Waals surface area contributed by atoms with Crippen LogP contribution in [0.2, 0.25) is 0 Å². The van der Waals surface area contributed by atoms with Crippen LogP contribution < -0.4 is 0 Å². The van der Waals surface area contributed by atoms with Crippen LogP contribution in [-0.4, -0.2) is 26.1 Å². The van der Waals surface area contributed by atoms with Crippen molar-refractivity contribution >= 4 is 5.97 Å². The van der Waals surface area contributed by atoms with Gasteiger partial charge in [-0.15, -0.1) is 5.10 Å².